The monoisotopic (exact) mass is 286 g/mol. The number of hydrogen-bond acceptors (Lipinski definition) is 4. The van der Waals surface area contributed by atoms with Gasteiger partial charge in [-0.25, -0.2) is 4.39 Å². The molecule has 0 saturated carbocycles. The van der Waals surface area contributed by atoms with Gasteiger partial charge < -0.3 is 14.0 Å². The van der Waals surface area contributed by atoms with Gasteiger partial charge in [0, 0.05) is 13.3 Å². The quantitative estimate of drug-likeness (QED) is 0.463. The molecule has 8 heteroatoms. The van der Waals surface area contributed by atoms with Crippen LogP contribution in [0.5, 0.6) is 0 Å². The highest BCUT2D eigenvalue weighted by Gasteiger charge is 2.45. The molecule has 0 radical (unpaired) electrons. The molecule has 16 heavy (non-hydrogen) atoms. The fourth-order valence-corrected chi connectivity index (χ4v) is 3.00. The van der Waals surface area contributed by atoms with E-state index in [2.05, 4.69) is 12.2 Å². The van der Waals surface area contributed by atoms with Gasteiger partial charge in [0.1, 0.15) is 31.7 Å². The molecule has 0 amide bonds. The minimum atomic E-state index is -2.20. The number of methoxy groups -OCH3 is 1. The molecule has 0 aromatic carbocycles. The molecule has 94 valence electrons. The standard InChI is InChI=1S/C8H17BFO3PS2/c1-3-14(15,16)13-7-5(4-11-2)12-8(9)6(7)10/h5-8H,3-4,9H2,1-2H3,(H,15,16)/t5-,6-,7?,8-/m1/s1. The molecule has 0 spiro atoms. The summed E-state index contributed by atoms with van der Waals surface area (Å²) in [5.74, 6) is 0. The lowest BCUT2D eigenvalue weighted by Gasteiger charge is -2.24. The van der Waals surface area contributed by atoms with Crippen molar-refractivity contribution >= 4 is 37.4 Å². The number of rotatable bonds is 5. The highest BCUT2D eigenvalue weighted by atomic mass is 32.9. The molecule has 1 fully saturated rings. The van der Waals surface area contributed by atoms with E-state index in [9.17, 15) is 4.39 Å². The lowest BCUT2D eigenvalue weighted by atomic mass is 9.94. The highest BCUT2D eigenvalue weighted by Crippen LogP contribution is 2.54. The van der Waals surface area contributed by atoms with Crippen molar-refractivity contribution in [2.24, 2.45) is 0 Å². The molecule has 1 aliphatic heterocycles. The van der Waals surface area contributed by atoms with Crippen LogP contribution in [0.3, 0.4) is 0 Å². The van der Waals surface area contributed by atoms with E-state index >= 15 is 0 Å². The number of hydrogen-bond donors (Lipinski definition) is 1. The Morgan fingerprint density at radius 3 is 2.75 bits per heavy atom. The summed E-state index contributed by atoms with van der Waals surface area (Å²) in [6.45, 7) is 2.20. The summed E-state index contributed by atoms with van der Waals surface area (Å²) in [5.41, 5.74) is -2.20. The molecular weight excluding hydrogens is 269 g/mol. The molecule has 0 N–H and O–H groups in total. The smallest absolute Gasteiger partial charge is 0.147 e. The second-order valence-corrected chi connectivity index (χ2v) is 10.4. The third-order valence-corrected chi connectivity index (χ3v) is 6.07. The third-order valence-electron chi connectivity index (χ3n) is 2.54. The van der Waals surface area contributed by atoms with Gasteiger partial charge in [-0.2, -0.15) is 0 Å². The third kappa shape index (κ3) is 3.69. The molecule has 0 aromatic heterocycles. The Kier molecular flexibility index (Phi) is 5.75. The van der Waals surface area contributed by atoms with Crippen LogP contribution in [0.4, 0.5) is 4.39 Å². The first-order valence-electron chi connectivity index (χ1n) is 5.20. The maximum Gasteiger partial charge on any atom is 0.147 e. The molecule has 0 bridgehead atoms. The van der Waals surface area contributed by atoms with E-state index in [1.165, 1.54) is 0 Å². The highest BCUT2D eigenvalue weighted by molar-refractivity contribution is 8.61. The molecule has 1 saturated heterocycles. The second-order valence-electron chi connectivity index (χ2n) is 3.80. The van der Waals surface area contributed by atoms with Crippen LogP contribution in [-0.4, -0.2) is 52.1 Å². The largest absolute Gasteiger partial charge is 0.382 e. The summed E-state index contributed by atoms with van der Waals surface area (Å²) in [6, 6.07) is -0.481. The molecule has 0 aromatic rings. The summed E-state index contributed by atoms with van der Waals surface area (Å²) in [5, 5.41) is 0. The van der Waals surface area contributed by atoms with Crippen molar-refractivity contribution < 1.29 is 18.4 Å². The number of alkyl halides is 1. The van der Waals surface area contributed by atoms with E-state index in [1.807, 2.05) is 6.92 Å². The molecular formula is C8H17BFO3PS2. The van der Waals surface area contributed by atoms with Gasteiger partial charge in [-0.05, 0) is 0 Å². The first kappa shape index (κ1) is 14.9. The molecule has 1 heterocycles. The first-order valence-corrected chi connectivity index (χ1v) is 9.25. The number of ether oxygens (including phenoxy) is 2. The normalized spacial score (nSPS) is 38.5. The van der Waals surface area contributed by atoms with Crippen molar-refractivity contribution in [1.82, 2.24) is 0 Å². The predicted octanol–water partition coefficient (Wildman–Crippen LogP) is 0.973. The van der Waals surface area contributed by atoms with Gasteiger partial charge in [0.05, 0.1) is 12.6 Å². The van der Waals surface area contributed by atoms with Crippen molar-refractivity contribution in [1.29, 1.82) is 0 Å². The van der Waals surface area contributed by atoms with Crippen LogP contribution in [0.1, 0.15) is 6.92 Å². The first-order chi connectivity index (χ1) is 7.41. The maximum atomic E-state index is 13.9. The molecule has 3 nitrogen and oxygen atoms in total. The lowest BCUT2D eigenvalue weighted by Crippen LogP contribution is -2.33. The fourth-order valence-electron chi connectivity index (χ4n) is 1.59. The van der Waals surface area contributed by atoms with E-state index in [0.717, 1.165) is 0 Å². The van der Waals surface area contributed by atoms with Crippen LogP contribution >= 0.6 is 17.7 Å². The minimum absolute atomic E-state index is 0.308. The summed E-state index contributed by atoms with van der Waals surface area (Å²) in [4.78, 5) is 0. The van der Waals surface area contributed by atoms with Gasteiger partial charge in [0.2, 0.25) is 0 Å². The average molecular weight is 286 g/mol. The van der Waals surface area contributed by atoms with Gasteiger partial charge in [-0.3, -0.25) is 0 Å². The molecule has 1 rings (SSSR count). The van der Waals surface area contributed by atoms with E-state index in [-0.39, 0.29) is 0 Å². The van der Waals surface area contributed by atoms with Gasteiger partial charge in [-0.15, -0.1) is 12.2 Å². The Hall–Kier alpha value is 0.875. The lowest BCUT2D eigenvalue weighted by molar-refractivity contribution is -0.00783. The summed E-state index contributed by atoms with van der Waals surface area (Å²) >= 11 is 9.48. The van der Waals surface area contributed by atoms with Crippen LogP contribution in [-0.2, 0) is 25.8 Å². The van der Waals surface area contributed by atoms with Crippen LogP contribution < -0.4 is 0 Å². The van der Waals surface area contributed by atoms with Crippen LogP contribution in [0, 0.1) is 0 Å². The Labute approximate surface area is 107 Å². The molecule has 1 aliphatic rings. The zero-order valence-electron chi connectivity index (χ0n) is 9.63. The Bertz CT molecular complexity index is 284. The SMILES string of the molecule is B[C@@H]1O[C@H](COC)C(OP(=S)(S)CC)[C@H]1F. The zero-order valence-corrected chi connectivity index (χ0v) is 12.2. The van der Waals surface area contributed by atoms with Crippen LogP contribution in [0.15, 0.2) is 0 Å². The molecule has 0 aliphatic carbocycles. The average Bonchev–Trinajstić information content (AvgIpc) is 2.47. The van der Waals surface area contributed by atoms with Crippen molar-refractivity contribution in [2.45, 2.75) is 31.3 Å². The minimum Gasteiger partial charge on any atom is -0.382 e. The predicted molar refractivity (Wildman–Crippen MR) is 72.7 cm³/mol. The van der Waals surface area contributed by atoms with Gasteiger partial charge in [-0.1, -0.05) is 18.7 Å². The fraction of sp³-hybridized carbons (Fsp3) is 1.00. The zero-order chi connectivity index (χ0) is 12.3. The topological polar surface area (TPSA) is 27.7 Å². The maximum absolute atomic E-state index is 13.9. The van der Waals surface area contributed by atoms with Crippen molar-refractivity contribution in [3.05, 3.63) is 0 Å². The Morgan fingerprint density at radius 2 is 2.25 bits per heavy atom. The van der Waals surface area contributed by atoms with E-state index in [0.29, 0.717) is 12.8 Å². The van der Waals surface area contributed by atoms with E-state index in [1.54, 1.807) is 15.0 Å². The van der Waals surface area contributed by atoms with Gasteiger partial charge in [0.15, 0.2) is 0 Å². The van der Waals surface area contributed by atoms with Crippen molar-refractivity contribution in [3.63, 3.8) is 0 Å². The van der Waals surface area contributed by atoms with Crippen LogP contribution in [0.25, 0.3) is 0 Å². The second kappa shape index (κ2) is 6.16. The summed E-state index contributed by atoms with van der Waals surface area (Å²) in [6.07, 6.45) is -1.58. The number of thiol groups is 1. The van der Waals surface area contributed by atoms with E-state index in [4.69, 9.17) is 25.8 Å². The van der Waals surface area contributed by atoms with Crippen molar-refractivity contribution in [3.8, 4) is 0 Å². The summed E-state index contributed by atoms with van der Waals surface area (Å²) < 4.78 is 29.9. The Morgan fingerprint density at radius 1 is 1.62 bits per heavy atom. The van der Waals surface area contributed by atoms with Crippen LogP contribution in [0.2, 0.25) is 0 Å². The van der Waals surface area contributed by atoms with E-state index < -0.39 is 29.8 Å². The number of halogens is 1. The van der Waals surface area contributed by atoms with Gasteiger partial charge >= 0.3 is 0 Å². The molecule has 2 unspecified atom stereocenters. The van der Waals surface area contributed by atoms with Crippen molar-refractivity contribution in [2.75, 3.05) is 19.9 Å². The van der Waals surface area contributed by atoms with Gasteiger partial charge in [0.25, 0.3) is 0 Å². The molecule has 5 atom stereocenters. The Balaban J connectivity index is 2.70. The summed E-state index contributed by atoms with van der Waals surface area (Å²) in [7, 11) is 3.23.